The molecule has 156 valence electrons. The molecule has 0 spiro atoms. The van der Waals surface area contributed by atoms with Crippen molar-refractivity contribution in [2.24, 2.45) is 0 Å². The number of hydrogen-bond acceptors (Lipinski definition) is 5. The molecule has 30 heavy (non-hydrogen) atoms. The second-order valence-electron chi connectivity index (χ2n) is 7.31. The first kappa shape index (κ1) is 19.9. The number of aryl methyl sites for hydroxylation is 1. The first-order valence-electron chi connectivity index (χ1n) is 10.3. The van der Waals surface area contributed by atoms with Gasteiger partial charge in [-0.05, 0) is 37.6 Å². The number of carbonyl (C=O) groups excluding carboxylic acids is 1. The Morgan fingerprint density at radius 1 is 1.17 bits per heavy atom. The summed E-state index contributed by atoms with van der Waals surface area (Å²) in [6, 6.07) is 14.8. The van der Waals surface area contributed by atoms with E-state index in [-0.39, 0.29) is 17.6 Å². The topological polar surface area (TPSA) is 84.5 Å². The van der Waals surface area contributed by atoms with Crippen molar-refractivity contribution in [2.45, 2.75) is 32.3 Å². The van der Waals surface area contributed by atoms with Gasteiger partial charge in [-0.25, -0.2) is 4.98 Å². The van der Waals surface area contributed by atoms with Gasteiger partial charge in [0, 0.05) is 19.4 Å². The van der Waals surface area contributed by atoms with E-state index in [9.17, 15) is 9.59 Å². The third-order valence-electron chi connectivity index (χ3n) is 5.19. The number of H-pyrrole nitrogens is 1. The smallest absolute Gasteiger partial charge is 0.258 e. The number of rotatable bonds is 7. The van der Waals surface area contributed by atoms with Gasteiger partial charge in [-0.2, -0.15) is 0 Å². The molecule has 1 atom stereocenters. The summed E-state index contributed by atoms with van der Waals surface area (Å²) in [5.41, 5.74) is 0.527. The summed E-state index contributed by atoms with van der Waals surface area (Å²) in [5, 5.41) is 0.575. The molecule has 1 unspecified atom stereocenters. The third-order valence-corrected chi connectivity index (χ3v) is 5.19. The summed E-state index contributed by atoms with van der Waals surface area (Å²) >= 11 is 0. The van der Waals surface area contributed by atoms with Crippen LogP contribution in [0.4, 0.5) is 0 Å². The van der Waals surface area contributed by atoms with Gasteiger partial charge in [0.05, 0.1) is 17.4 Å². The second-order valence-corrected chi connectivity index (χ2v) is 7.31. The van der Waals surface area contributed by atoms with Crippen LogP contribution in [-0.4, -0.2) is 46.6 Å². The fourth-order valence-electron chi connectivity index (χ4n) is 3.62. The number of ether oxygens (including phenoxy) is 2. The minimum absolute atomic E-state index is 0.0584. The lowest BCUT2D eigenvalue weighted by atomic mass is 10.2. The van der Waals surface area contributed by atoms with Crippen LogP contribution in [0.3, 0.4) is 0 Å². The van der Waals surface area contributed by atoms with Crippen molar-refractivity contribution in [3.63, 3.8) is 0 Å². The number of nitrogens with zero attached hydrogens (tertiary/aromatic N) is 2. The molecule has 7 heteroatoms. The standard InChI is InChI=1S/C23H25N3O4/c1-2-26(14-16-15-29-19-10-5-6-11-20(19)30-16)22(27)13-7-12-21-24-18-9-4-3-8-17(18)23(28)25-21/h3-6,8-11,16H,2,7,12-15H2,1H3,(H,24,25,28). The Morgan fingerprint density at radius 2 is 1.93 bits per heavy atom. The number of nitrogens with one attached hydrogen (secondary N) is 1. The van der Waals surface area contributed by atoms with E-state index < -0.39 is 0 Å². The molecule has 0 saturated heterocycles. The summed E-state index contributed by atoms with van der Waals surface area (Å²) in [6.45, 7) is 3.46. The van der Waals surface area contributed by atoms with Crippen molar-refractivity contribution >= 4 is 16.8 Å². The normalized spacial score (nSPS) is 15.2. The van der Waals surface area contributed by atoms with E-state index in [0.29, 0.717) is 61.4 Å². The van der Waals surface area contributed by atoms with E-state index >= 15 is 0 Å². The van der Waals surface area contributed by atoms with Crippen LogP contribution in [0, 0.1) is 0 Å². The number of aromatic nitrogens is 2. The third kappa shape index (κ3) is 4.45. The largest absolute Gasteiger partial charge is 0.486 e. The van der Waals surface area contributed by atoms with Crippen molar-refractivity contribution in [3.8, 4) is 11.5 Å². The summed E-state index contributed by atoms with van der Waals surface area (Å²) in [7, 11) is 0. The molecule has 0 saturated carbocycles. The molecular weight excluding hydrogens is 382 g/mol. The van der Waals surface area contributed by atoms with Crippen LogP contribution in [0.15, 0.2) is 53.3 Å². The predicted molar refractivity (Wildman–Crippen MR) is 114 cm³/mol. The van der Waals surface area contributed by atoms with Crippen molar-refractivity contribution in [3.05, 3.63) is 64.7 Å². The number of benzene rings is 2. The van der Waals surface area contributed by atoms with Crippen LogP contribution in [0.25, 0.3) is 10.9 Å². The number of fused-ring (bicyclic) bond motifs is 2. The Hall–Kier alpha value is -3.35. The van der Waals surface area contributed by atoms with Gasteiger partial charge in [-0.3, -0.25) is 9.59 Å². The van der Waals surface area contributed by atoms with E-state index in [1.165, 1.54) is 0 Å². The summed E-state index contributed by atoms with van der Waals surface area (Å²) < 4.78 is 11.7. The van der Waals surface area contributed by atoms with E-state index in [0.717, 1.165) is 5.75 Å². The first-order chi connectivity index (χ1) is 14.6. The molecule has 0 aliphatic carbocycles. The molecule has 3 aromatic rings. The fraction of sp³-hybridized carbons (Fsp3) is 0.348. The lowest BCUT2D eigenvalue weighted by Crippen LogP contribution is -2.43. The Labute approximate surface area is 174 Å². The summed E-state index contributed by atoms with van der Waals surface area (Å²) in [6.07, 6.45) is 1.35. The predicted octanol–water partition coefficient (Wildman–Crippen LogP) is 2.93. The number of aromatic amines is 1. The Balaban J connectivity index is 1.31. The molecule has 2 aromatic carbocycles. The Kier molecular flexibility index (Phi) is 5.97. The van der Waals surface area contributed by atoms with Crippen LogP contribution < -0.4 is 15.0 Å². The maximum atomic E-state index is 12.7. The average Bonchev–Trinajstić information content (AvgIpc) is 2.77. The molecule has 0 bridgehead atoms. The second kappa shape index (κ2) is 8.98. The highest BCUT2D eigenvalue weighted by Gasteiger charge is 2.24. The Morgan fingerprint density at radius 3 is 2.77 bits per heavy atom. The molecule has 7 nitrogen and oxygen atoms in total. The quantitative estimate of drug-likeness (QED) is 0.651. The van der Waals surface area contributed by atoms with Gasteiger partial charge in [-0.15, -0.1) is 0 Å². The van der Waals surface area contributed by atoms with Gasteiger partial charge in [0.25, 0.3) is 5.56 Å². The van der Waals surface area contributed by atoms with E-state index in [1.54, 1.807) is 11.0 Å². The molecule has 2 heterocycles. The number of hydrogen-bond donors (Lipinski definition) is 1. The van der Waals surface area contributed by atoms with E-state index in [1.807, 2.05) is 49.4 Å². The van der Waals surface area contributed by atoms with Crippen LogP contribution in [0.5, 0.6) is 11.5 Å². The molecule has 1 aromatic heterocycles. The van der Waals surface area contributed by atoms with Gasteiger partial charge in [0.15, 0.2) is 17.6 Å². The lowest BCUT2D eigenvalue weighted by molar-refractivity contribution is -0.132. The SMILES string of the molecule is CCN(CC1COc2ccccc2O1)C(=O)CCCc1nc2ccccc2c(=O)[nH]1. The number of amides is 1. The van der Waals surface area contributed by atoms with Gasteiger partial charge in [0.2, 0.25) is 5.91 Å². The molecule has 0 radical (unpaired) electrons. The maximum absolute atomic E-state index is 12.7. The van der Waals surface area contributed by atoms with Gasteiger partial charge in [-0.1, -0.05) is 24.3 Å². The van der Waals surface area contributed by atoms with Crippen LogP contribution in [-0.2, 0) is 11.2 Å². The highest BCUT2D eigenvalue weighted by atomic mass is 16.6. The maximum Gasteiger partial charge on any atom is 0.258 e. The van der Waals surface area contributed by atoms with Crippen molar-refractivity contribution in [1.29, 1.82) is 0 Å². The zero-order valence-electron chi connectivity index (χ0n) is 17.0. The molecule has 1 aliphatic heterocycles. The zero-order valence-corrected chi connectivity index (χ0v) is 17.0. The fourth-order valence-corrected chi connectivity index (χ4v) is 3.62. The van der Waals surface area contributed by atoms with Crippen molar-refractivity contribution < 1.29 is 14.3 Å². The zero-order chi connectivity index (χ0) is 20.9. The number of likely N-dealkylation sites (N-methyl/N-ethyl adjacent to an activating group) is 1. The van der Waals surface area contributed by atoms with Crippen molar-refractivity contribution in [1.82, 2.24) is 14.9 Å². The van der Waals surface area contributed by atoms with E-state index in [4.69, 9.17) is 9.47 Å². The molecule has 1 aliphatic rings. The Bertz CT molecular complexity index is 1090. The first-order valence-corrected chi connectivity index (χ1v) is 10.3. The highest BCUT2D eigenvalue weighted by molar-refractivity contribution is 5.77. The molecule has 0 fully saturated rings. The number of carbonyl (C=O) groups is 1. The highest BCUT2D eigenvalue weighted by Crippen LogP contribution is 2.31. The van der Waals surface area contributed by atoms with Gasteiger partial charge < -0.3 is 19.4 Å². The van der Waals surface area contributed by atoms with Crippen LogP contribution >= 0.6 is 0 Å². The lowest BCUT2D eigenvalue weighted by Gasteiger charge is -2.31. The minimum Gasteiger partial charge on any atom is -0.486 e. The van der Waals surface area contributed by atoms with Gasteiger partial charge >= 0.3 is 0 Å². The van der Waals surface area contributed by atoms with Crippen LogP contribution in [0.1, 0.15) is 25.6 Å². The molecular formula is C23H25N3O4. The monoisotopic (exact) mass is 407 g/mol. The molecule has 1 amide bonds. The minimum atomic E-state index is -0.192. The van der Waals surface area contributed by atoms with Gasteiger partial charge in [0.1, 0.15) is 12.4 Å². The average molecular weight is 407 g/mol. The molecule has 1 N–H and O–H groups in total. The number of para-hydroxylation sites is 3. The van der Waals surface area contributed by atoms with Crippen LogP contribution in [0.2, 0.25) is 0 Å². The summed E-state index contributed by atoms with van der Waals surface area (Å²) in [5.74, 6) is 2.11. The van der Waals surface area contributed by atoms with E-state index in [2.05, 4.69) is 9.97 Å². The summed E-state index contributed by atoms with van der Waals surface area (Å²) in [4.78, 5) is 34.0. The molecule has 4 rings (SSSR count). The van der Waals surface area contributed by atoms with Crippen molar-refractivity contribution in [2.75, 3.05) is 19.7 Å².